The lowest BCUT2D eigenvalue weighted by molar-refractivity contribution is 0.199. The highest BCUT2D eigenvalue weighted by atomic mass is 35.5. The van der Waals surface area contributed by atoms with E-state index in [1.165, 1.54) is 11.1 Å². The summed E-state index contributed by atoms with van der Waals surface area (Å²) in [5.41, 5.74) is 3.30. The van der Waals surface area contributed by atoms with Crippen LogP contribution in [-0.4, -0.2) is 5.11 Å². The molecular formula is C18H21ClO2. The Balaban J connectivity index is 2.24. The number of rotatable bonds is 4. The van der Waals surface area contributed by atoms with Gasteiger partial charge in [-0.25, -0.2) is 0 Å². The lowest BCUT2D eigenvalue weighted by Gasteiger charge is -2.14. The average Bonchev–Trinajstić information content (AvgIpc) is 2.40. The number of aliphatic hydroxyl groups excluding tert-OH is 1. The minimum Gasteiger partial charge on any atom is -0.456 e. The van der Waals surface area contributed by atoms with Gasteiger partial charge >= 0.3 is 0 Å². The molecule has 0 aliphatic carbocycles. The van der Waals surface area contributed by atoms with Gasteiger partial charge in [0, 0.05) is 0 Å². The largest absolute Gasteiger partial charge is 0.456 e. The maximum absolute atomic E-state index is 9.55. The van der Waals surface area contributed by atoms with Crippen molar-refractivity contribution in [3.8, 4) is 11.5 Å². The van der Waals surface area contributed by atoms with E-state index in [0.29, 0.717) is 16.7 Å². The standard InChI is InChI=1S/C18H21ClO2/c1-11(2)16-7-6-15(9-12(16)3)21-18-8-5-14(13(4)20)10-17(18)19/h5-11,13,20H,1-4H3/t13-/m1/s1. The highest BCUT2D eigenvalue weighted by molar-refractivity contribution is 6.32. The first-order valence-electron chi connectivity index (χ1n) is 7.14. The zero-order valence-electron chi connectivity index (χ0n) is 12.9. The molecule has 0 aliphatic rings. The molecule has 2 aromatic carbocycles. The fourth-order valence-electron chi connectivity index (χ4n) is 2.35. The quantitative estimate of drug-likeness (QED) is 0.794. The summed E-state index contributed by atoms with van der Waals surface area (Å²) in [6.45, 7) is 8.14. The highest BCUT2D eigenvalue weighted by Gasteiger charge is 2.09. The summed E-state index contributed by atoms with van der Waals surface area (Å²) in [5, 5.41) is 10.0. The van der Waals surface area contributed by atoms with Crippen LogP contribution in [0.2, 0.25) is 5.02 Å². The van der Waals surface area contributed by atoms with Crippen LogP contribution >= 0.6 is 11.6 Å². The Bertz CT molecular complexity index is 633. The van der Waals surface area contributed by atoms with E-state index in [9.17, 15) is 5.11 Å². The Morgan fingerprint density at radius 2 is 1.76 bits per heavy atom. The fraction of sp³-hybridized carbons (Fsp3) is 0.333. The van der Waals surface area contributed by atoms with Crippen LogP contribution in [0.25, 0.3) is 0 Å². The van der Waals surface area contributed by atoms with Crippen molar-refractivity contribution in [2.24, 2.45) is 0 Å². The van der Waals surface area contributed by atoms with Crippen LogP contribution in [0.4, 0.5) is 0 Å². The van der Waals surface area contributed by atoms with Crippen LogP contribution in [0, 0.1) is 6.92 Å². The van der Waals surface area contributed by atoms with Crippen molar-refractivity contribution in [3.63, 3.8) is 0 Å². The van der Waals surface area contributed by atoms with Gasteiger partial charge in [0.2, 0.25) is 0 Å². The van der Waals surface area contributed by atoms with Gasteiger partial charge in [0.15, 0.2) is 0 Å². The van der Waals surface area contributed by atoms with E-state index in [1.807, 2.05) is 18.2 Å². The summed E-state index contributed by atoms with van der Waals surface area (Å²) >= 11 is 6.21. The average molecular weight is 305 g/mol. The Hall–Kier alpha value is -1.51. The van der Waals surface area contributed by atoms with Crippen molar-refractivity contribution < 1.29 is 9.84 Å². The smallest absolute Gasteiger partial charge is 0.146 e. The summed E-state index contributed by atoms with van der Waals surface area (Å²) in [5.74, 6) is 1.86. The lowest BCUT2D eigenvalue weighted by Crippen LogP contribution is -1.94. The van der Waals surface area contributed by atoms with Crippen LogP contribution < -0.4 is 4.74 Å². The number of ether oxygens (including phenoxy) is 1. The van der Waals surface area contributed by atoms with E-state index < -0.39 is 6.10 Å². The minimum atomic E-state index is -0.538. The van der Waals surface area contributed by atoms with Gasteiger partial charge in [-0.1, -0.05) is 37.6 Å². The number of aryl methyl sites for hydroxylation is 1. The second-order valence-electron chi connectivity index (χ2n) is 5.64. The van der Waals surface area contributed by atoms with Crippen LogP contribution in [0.1, 0.15) is 49.5 Å². The number of hydrogen-bond donors (Lipinski definition) is 1. The van der Waals surface area contributed by atoms with Crippen LogP contribution in [0.15, 0.2) is 36.4 Å². The zero-order valence-corrected chi connectivity index (χ0v) is 13.6. The number of aliphatic hydroxyl groups is 1. The third-order valence-corrected chi connectivity index (χ3v) is 3.82. The van der Waals surface area contributed by atoms with Gasteiger partial charge in [-0.15, -0.1) is 0 Å². The summed E-state index contributed by atoms with van der Waals surface area (Å²) in [6.07, 6.45) is -0.538. The van der Waals surface area contributed by atoms with Crippen molar-refractivity contribution in [1.82, 2.24) is 0 Å². The monoisotopic (exact) mass is 304 g/mol. The van der Waals surface area contributed by atoms with Crippen LogP contribution in [0.3, 0.4) is 0 Å². The minimum absolute atomic E-state index is 0.493. The number of benzene rings is 2. The molecule has 0 spiro atoms. The van der Waals surface area contributed by atoms with Gasteiger partial charge < -0.3 is 9.84 Å². The molecule has 0 saturated heterocycles. The molecule has 2 rings (SSSR count). The zero-order chi connectivity index (χ0) is 15.6. The van der Waals surface area contributed by atoms with Crippen molar-refractivity contribution in [1.29, 1.82) is 0 Å². The first-order valence-corrected chi connectivity index (χ1v) is 7.52. The maximum Gasteiger partial charge on any atom is 0.146 e. The molecule has 0 amide bonds. The molecule has 1 atom stereocenters. The summed E-state index contributed by atoms with van der Waals surface area (Å²) in [6, 6.07) is 11.4. The van der Waals surface area contributed by atoms with Gasteiger partial charge in [0.05, 0.1) is 11.1 Å². The number of hydrogen-bond acceptors (Lipinski definition) is 2. The normalized spacial score (nSPS) is 12.5. The first kappa shape index (κ1) is 15.9. The maximum atomic E-state index is 9.55. The molecule has 2 nitrogen and oxygen atoms in total. The Labute approximate surface area is 131 Å². The lowest BCUT2D eigenvalue weighted by atomic mass is 9.98. The highest BCUT2D eigenvalue weighted by Crippen LogP contribution is 2.33. The predicted molar refractivity (Wildman–Crippen MR) is 87.4 cm³/mol. The van der Waals surface area contributed by atoms with Crippen LogP contribution in [0.5, 0.6) is 11.5 Å². The Morgan fingerprint density at radius 3 is 2.29 bits per heavy atom. The first-order chi connectivity index (χ1) is 9.88. The molecule has 0 saturated carbocycles. The molecule has 112 valence electrons. The third kappa shape index (κ3) is 3.78. The van der Waals surface area contributed by atoms with E-state index >= 15 is 0 Å². The second-order valence-corrected chi connectivity index (χ2v) is 6.05. The fourth-order valence-corrected chi connectivity index (χ4v) is 2.57. The van der Waals surface area contributed by atoms with E-state index in [4.69, 9.17) is 16.3 Å². The molecular weight excluding hydrogens is 284 g/mol. The van der Waals surface area contributed by atoms with Gasteiger partial charge in [0.1, 0.15) is 11.5 Å². The molecule has 21 heavy (non-hydrogen) atoms. The molecule has 0 aromatic heterocycles. The van der Waals surface area contributed by atoms with E-state index in [1.54, 1.807) is 19.1 Å². The van der Waals surface area contributed by atoms with Gasteiger partial charge in [-0.05, 0) is 60.7 Å². The number of halogens is 1. The van der Waals surface area contributed by atoms with Gasteiger partial charge in [-0.3, -0.25) is 0 Å². The van der Waals surface area contributed by atoms with E-state index in [0.717, 1.165) is 11.3 Å². The molecule has 0 bridgehead atoms. The molecule has 0 radical (unpaired) electrons. The van der Waals surface area contributed by atoms with E-state index in [2.05, 4.69) is 26.8 Å². The molecule has 0 heterocycles. The van der Waals surface area contributed by atoms with Crippen LogP contribution in [-0.2, 0) is 0 Å². The third-order valence-electron chi connectivity index (χ3n) is 3.53. The molecule has 1 N–H and O–H groups in total. The summed E-state index contributed by atoms with van der Waals surface area (Å²) < 4.78 is 5.85. The van der Waals surface area contributed by atoms with Crippen molar-refractivity contribution in [2.45, 2.75) is 39.7 Å². The molecule has 3 heteroatoms. The predicted octanol–water partition coefficient (Wildman–Crippen LogP) is 5.62. The summed E-state index contributed by atoms with van der Waals surface area (Å²) in [7, 11) is 0. The SMILES string of the molecule is Cc1cc(Oc2ccc([C@@H](C)O)cc2Cl)ccc1C(C)C. The van der Waals surface area contributed by atoms with Crippen molar-refractivity contribution in [3.05, 3.63) is 58.1 Å². The molecule has 0 aliphatic heterocycles. The summed E-state index contributed by atoms with van der Waals surface area (Å²) in [4.78, 5) is 0. The van der Waals surface area contributed by atoms with Crippen molar-refractivity contribution in [2.75, 3.05) is 0 Å². The molecule has 0 fully saturated rings. The Kier molecular flexibility index (Phi) is 4.92. The Morgan fingerprint density at radius 1 is 1.05 bits per heavy atom. The molecule has 2 aromatic rings. The van der Waals surface area contributed by atoms with Gasteiger partial charge in [0.25, 0.3) is 0 Å². The van der Waals surface area contributed by atoms with E-state index in [-0.39, 0.29) is 0 Å². The van der Waals surface area contributed by atoms with Gasteiger partial charge in [-0.2, -0.15) is 0 Å². The molecule has 0 unspecified atom stereocenters. The second kappa shape index (κ2) is 6.50. The van der Waals surface area contributed by atoms with Crippen molar-refractivity contribution >= 4 is 11.6 Å². The topological polar surface area (TPSA) is 29.5 Å².